The molecule has 0 bridgehead atoms. The SMILES string of the molecule is O=C(NCc1noc(-c2ccc(Cl)cc2F)n1)[C@@H]1CC(c2cccc(F)c2)=NO1. The fourth-order valence-electron chi connectivity index (χ4n) is 2.73. The second-order valence-electron chi connectivity index (χ2n) is 6.20. The van der Waals surface area contributed by atoms with E-state index in [1.807, 2.05) is 0 Å². The smallest absolute Gasteiger partial charge is 0.264 e. The predicted molar refractivity (Wildman–Crippen MR) is 99.0 cm³/mol. The summed E-state index contributed by atoms with van der Waals surface area (Å²) in [5, 5.41) is 10.4. The van der Waals surface area contributed by atoms with Gasteiger partial charge in [0.15, 0.2) is 5.82 Å². The maximum atomic E-state index is 13.9. The summed E-state index contributed by atoms with van der Waals surface area (Å²) in [6.07, 6.45) is -0.656. The molecule has 10 heteroatoms. The molecule has 1 aliphatic rings. The molecule has 0 radical (unpaired) electrons. The van der Waals surface area contributed by atoms with Crippen LogP contribution in [-0.4, -0.2) is 27.9 Å². The zero-order valence-corrected chi connectivity index (χ0v) is 15.5. The number of hydrogen-bond acceptors (Lipinski definition) is 6. The molecule has 0 unspecified atom stereocenters. The van der Waals surface area contributed by atoms with E-state index in [0.29, 0.717) is 11.3 Å². The van der Waals surface area contributed by atoms with Crippen molar-refractivity contribution in [3.63, 3.8) is 0 Å². The third kappa shape index (κ3) is 4.24. The van der Waals surface area contributed by atoms with Crippen LogP contribution in [0.15, 0.2) is 52.1 Å². The standard InChI is InChI=1S/C19H13ClF2N4O3/c20-11-4-5-13(14(22)7-11)19-24-17(26-29-19)9-23-18(27)16-8-15(25-28-16)10-2-1-3-12(21)6-10/h1-7,16H,8-9H2,(H,23,27)/t16-/m0/s1. The van der Waals surface area contributed by atoms with E-state index in [-0.39, 0.29) is 35.3 Å². The third-order valence-electron chi connectivity index (χ3n) is 4.17. The van der Waals surface area contributed by atoms with Gasteiger partial charge in [-0.15, -0.1) is 0 Å². The summed E-state index contributed by atoms with van der Waals surface area (Å²) in [5.74, 6) is -1.31. The number of nitrogens with zero attached hydrogens (tertiary/aromatic N) is 3. The topological polar surface area (TPSA) is 89.6 Å². The molecule has 0 saturated carbocycles. The molecule has 148 valence electrons. The Hall–Kier alpha value is -3.33. The average molecular weight is 419 g/mol. The van der Waals surface area contributed by atoms with Crippen LogP contribution in [0, 0.1) is 11.6 Å². The minimum Gasteiger partial charge on any atom is -0.382 e. The first kappa shape index (κ1) is 19.0. The van der Waals surface area contributed by atoms with Crippen molar-refractivity contribution in [2.24, 2.45) is 5.16 Å². The largest absolute Gasteiger partial charge is 0.382 e. The number of carbonyl (C=O) groups excluding carboxylic acids is 1. The number of halogens is 3. The van der Waals surface area contributed by atoms with Gasteiger partial charge in [0, 0.05) is 17.0 Å². The Labute approximate surface area is 168 Å². The molecule has 0 fully saturated rings. The molecule has 2 heterocycles. The summed E-state index contributed by atoms with van der Waals surface area (Å²) in [6.45, 7) is -0.0489. The van der Waals surface area contributed by atoms with Gasteiger partial charge in [-0.1, -0.05) is 34.0 Å². The van der Waals surface area contributed by atoms with E-state index in [1.54, 1.807) is 12.1 Å². The normalized spacial score (nSPS) is 15.7. The zero-order valence-electron chi connectivity index (χ0n) is 14.7. The van der Waals surface area contributed by atoms with Crippen molar-refractivity contribution >= 4 is 23.2 Å². The summed E-state index contributed by atoms with van der Waals surface area (Å²) in [7, 11) is 0. The van der Waals surface area contributed by atoms with Crippen LogP contribution in [-0.2, 0) is 16.2 Å². The van der Waals surface area contributed by atoms with Gasteiger partial charge < -0.3 is 14.7 Å². The number of hydrogen-bond donors (Lipinski definition) is 1. The number of rotatable bonds is 5. The van der Waals surface area contributed by atoms with Gasteiger partial charge in [0.2, 0.25) is 6.10 Å². The fourth-order valence-corrected chi connectivity index (χ4v) is 2.89. The first-order valence-corrected chi connectivity index (χ1v) is 8.92. The van der Waals surface area contributed by atoms with E-state index >= 15 is 0 Å². The van der Waals surface area contributed by atoms with Crippen molar-refractivity contribution in [3.05, 3.63) is 70.5 Å². The van der Waals surface area contributed by atoms with E-state index in [2.05, 4.69) is 20.6 Å². The van der Waals surface area contributed by atoms with Crippen LogP contribution < -0.4 is 5.32 Å². The molecule has 4 rings (SSSR count). The molecule has 1 atom stereocenters. The molecule has 0 aliphatic carbocycles. The molecule has 7 nitrogen and oxygen atoms in total. The van der Waals surface area contributed by atoms with Crippen LogP contribution in [0.3, 0.4) is 0 Å². The fraction of sp³-hybridized carbons (Fsp3) is 0.158. The van der Waals surface area contributed by atoms with Crippen molar-refractivity contribution in [1.29, 1.82) is 0 Å². The first-order chi connectivity index (χ1) is 14.0. The molecule has 0 saturated heterocycles. The maximum Gasteiger partial charge on any atom is 0.264 e. The van der Waals surface area contributed by atoms with E-state index in [9.17, 15) is 13.6 Å². The zero-order chi connectivity index (χ0) is 20.4. The number of nitrogens with one attached hydrogen (secondary N) is 1. The molecule has 3 aromatic rings. The lowest BCUT2D eigenvalue weighted by molar-refractivity contribution is -0.131. The predicted octanol–water partition coefficient (Wildman–Crippen LogP) is 3.48. The van der Waals surface area contributed by atoms with Gasteiger partial charge in [-0.2, -0.15) is 4.98 Å². The highest BCUT2D eigenvalue weighted by molar-refractivity contribution is 6.30. The lowest BCUT2D eigenvalue weighted by Crippen LogP contribution is -2.34. The van der Waals surface area contributed by atoms with E-state index < -0.39 is 23.6 Å². The highest BCUT2D eigenvalue weighted by Gasteiger charge is 2.29. The number of benzene rings is 2. The van der Waals surface area contributed by atoms with Crippen LogP contribution in [0.4, 0.5) is 8.78 Å². The maximum absolute atomic E-state index is 13.9. The van der Waals surface area contributed by atoms with Gasteiger partial charge in [-0.25, -0.2) is 8.78 Å². The minimum atomic E-state index is -0.853. The van der Waals surface area contributed by atoms with Gasteiger partial charge in [0.25, 0.3) is 11.8 Å². The van der Waals surface area contributed by atoms with E-state index in [1.165, 1.54) is 24.3 Å². The number of amides is 1. The van der Waals surface area contributed by atoms with Gasteiger partial charge in [-0.3, -0.25) is 4.79 Å². The molecular weight excluding hydrogens is 406 g/mol. The number of carbonyl (C=O) groups is 1. The van der Waals surface area contributed by atoms with Crippen LogP contribution >= 0.6 is 11.6 Å². The Kier molecular flexibility index (Phi) is 5.22. The molecule has 0 spiro atoms. The van der Waals surface area contributed by atoms with E-state index in [4.69, 9.17) is 21.0 Å². The van der Waals surface area contributed by atoms with Crippen molar-refractivity contribution < 1.29 is 22.9 Å². The van der Waals surface area contributed by atoms with Crippen molar-refractivity contribution in [2.45, 2.75) is 19.1 Å². The summed E-state index contributed by atoms with van der Waals surface area (Å²) in [4.78, 5) is 21.5. The Morgan fingerprint density at radius 2 is 2.10 bits per heavy atom. The lowest BCUT2D eigenvalue weighted by atomic mass is 10.0. The first-order valence-electron chi connectivity index (χ1n) is 8.54. The summed E-state index contributed by atoms with van der Waals surface area (Å²) >= 11 is 5.72. The summed E-state index contributed by atoms with van der Waals surface area (Å²) < 4.78 is 32.3. The quantitative estimate of drug-likeness (QED) is 0.685. The van der Waals surface area contributed by atoms with Gasteiger partial charge in [0.1, 0.15) is 11.6 Å². The molecule has 1 amide bonds. The second-order valence-corrected chi connectivity index (χ2v) is 6.64. The van der Waals surface area contributed by atoms with Crippen LogP contribution in [0.1, 0.15) is 17.8 Å². The van der Waals surface area contributed by atoms with Crippen LogP contribution in [0.25, 0.3) is 11.5 Å². The molecule has 29 heavy (non-hydrogen) atoms. The van der Waals surface area contributed by atoms with Crippen molar-refractivity contribution in [3.8, 4) is 11.5 Å². The molecular formula is C19H13ClF2N4O3. The summed E-state index contributed by atoms with van der Waals surface area (Å²) in [6, 6.07) is 9.93. The minimum absolute atomic E-state index is 0.0303. The third-order valence-corrected chi connectivity index (χ3v) is 4.40. The van der Waals surface area contributed by atoms with E-state index in [0.717, 1.165) is 6.07 Å². The van der Waals surface area contributed by atoms with Crippen LogP contribution in [0.5, 0.6) is 0 Å². The molecule has 2 aromatic carbocycles. The highest BCUT2D eigenvalue weighted by Crippen LogP contribution is 2.24. The summed E-state index contributed by atoms with van der Waals surface area (Å²) in [5.41, 5.74) is 1.13. The number of aromatic nitrogens is 2. The lowest BCUT2D eigenvalue weighted by Gasteiger charge is -2.07. The van der Waals surface area contributed by atoms with Gasteiger partial charge in [-0.05, 0) is 30.3 Å². The highest BCUT2D eigenvalue weighted by atomic mass is 35.5. The Morgan fingerprint density at radius 3 is 2.90 bits per heavy atom. The average Bonchev–Trinajstić information content (AvgIpc) is 3.36. The van der Waals surface area contributed by atoms with Gasteiger partial charge >= 0.3 is 0 Å². The van der Waals surface area contributed by atoms with Crippen molar-refractivity contribution in [1.82, 2.24) is 15.5 Å². The molecule has 1 aromatic heterocycles. The second kappa shape index (κ2) is 7.96. The van der Waals surface area contributed by atoms with Crippen LogP contribution in [0.2, 0.25) is 5.02 Å². The van der Waals surface area contributed by atoms with Crippen molar-refractivity contribution in [2.75, 3.05) is 0 Å². The monoisotopic (exact) mass is 418 g/mol. The van der Waals surface area contributed by atoms with Gasteiger partial charge in [0.05, 0.1) is 17.8 Å². The Bertz CT molecular complexity index is 1100. The Balaban J connectivity index is 1.34. The molecule has 1 aliphatic heterocycles. The molecule has 1 N–H and O–H groups in total. The Morgan fingerprint density at radius 1 is 1.24 bits per heavy atom. The number of oxime groups is 1.